The van der Waals surface area contributed by atoms with Crippen molar-refractivity contribution in [2.24, 2.45) is 0 Å². The second kappa shape index (κ2) is 6.45. The highest BCUT2D eigenvalue weighted by atomic mass is 16.6. The van der Waals surface area contributed by atoms with Crippen LogP contribution in [0.4, 0.5) is 17.1 Å². The van der Waals surface area contributed by atoms with E-state index in [1.54, 1.807) is 13.8 Å². The zero-order chi connectivity index (χ0) is 15.3. The number of hydrogen-bond acceptors (Lipinski definition) is 7. The van der Waals surface area contributed by atoms with Crippen molar-refractivity contribution in [3.8, 4) is 0 Å². The topological polar surface area (TPSA) is 125 Å². The number of carbonyl (C=O) groups is 1. The molecular formula is C11H13N3O6. The normalized spacial score (nSPS) is 9.90. The molecule has 0 unspecified atom stereocenters. The summed E-state index contributed by atoms with van der Waals surface area (Å²) < 4.78 is 4.69. The fourth-order valence-electron chi connectivity index (χ4n) is 1.59. The molecular weight excluding hydrogens is 270 g/mol. The van der Waals surface area contributed by atoms with Gasteiger partial charge in [-0.15, -0.1) is 0 Å². The molecule has 0 spiro atoms. The van der Waals surface area contributed by atoms with Gasteiger partial charge in [-0.05, 0) is 13.8 Å². The van der Waals surface area contributed by atoms with Gasteiger partial charge in [0.05, 0.1) is 22.0 Å². The summed E-state index contributed by atoms with van der Waals surface area (Å²) >= 11 is 0. The van der Waals surface area contributed by atoms with Crippen LogP contribution < -0.4 is 5.32 Å². The van der Waals surface area contributed by atoms with E-state index in [4.69, 9.17) is 4.74 Å². The minimum atomic E-state index is -0.846. The molecule has 0 aliphatic carbocycles. The maximum absolute atomic E-state index is 11.6. The van der Waals surface area contributed by atoms with E-state index in [1.165, 1.54) is 0 Å². The van der Waals surface area contributed by atoms with Crippen LogP contribution in [0, 0.1) is 20.2 Å². The van der Waals surface area contributed by atoms with Gasteiger partial charge in [-0.2, -0.15) is 0 Å². The van der Waals surface area contributed by atoms with E-state index in [-0.39, 0.29) is 24.4 Å². The lowest BCUT2D eigenvalue weighted by Gasteiger charge is -2.08. The lowest BCUT2D eigenvalue weighted by Crippen LogP contribution is -2.10. The summed E-state index contributed by atoms with van der Waals surface area (Å²) in [6, 6.07) is 1.92. The van der Waals surface area contributed by atoms with E-state index < -0.39 is 27.2 Å². The number of benzene rings is 1. The lowest BCUT2D eigenvalue weighted by molar-refractivity contribution is -0.392. The number of esters is 1. The Labute approximate surface area is 113 Å². The average Bonchev–Trinajstić information content (AvgIpc) is 2.38. The van der Waals surface area contributed by atoms with E-state index in [2.05, 4.69) is 5.32 Å². The second-order valence-corrected chi connectivity index (χ2v) is 3.65. The van der Waals surface area contributed by atoms with Crippen LogP contribution in [-0.4, -0.2) is 29.0 Å². The Morgan fingerprint density at radius 3 is 2.05 bits per heavy atom. The molecule has 0 aromatic heterocycles. The first-order chi connectivity index (χ1) is 9.42. The molecule has 0 radical (unpaired) electrons. The number of rotatable bonds is 6. The molecule has 9 heteroatoms. The van der Waals surface area contributed by atoms with Gasteiger partial charge in [0.2, 0.25) is 0 Å². The maximum Gasteiger partial charge on any atom is 0.338 e. The van der Waals surface area contributed by atoms with Crippen molar-refractivity contribution in [1.29, 1.82) is 0 Å². The average molecular weight is 283 g/mol. The third-order valence-electron chi connectivity index (χ3n) is 2.35. The Hall–Kier alpha value is -2.71. The number of anilines is 1. The van der Waals surface area contributed by atoms with E-state index >= 15 is 0 Å². The van der Waals surface area contributed by atoms with Crippen molar-refractivity contribution >= 4 is 23.0 Å². The van der Waals surface area contributed by atoms with Gasteiger partial charge in [0.15, 0.2) is 5.69 Å². The standard InChI is InChI=1S/C11H13N3O6/c1-3-12-10-8(13(16)17)5-7(11(15)20-4-2)6-9(10)14(18)19/h5-6,12H,3-4H2,1-2H3. The fourth-order valence-corrected chi connectivity index (χ4v) is 1.59. The number of nitro groups is 2. The number of nitrogens with one attached hydrogen (secondary N) is 1. The molecule has 0 saturated heterocycles. The van der Waals surface area contributed by atoms with Crippen LogP contribution in [0.5, 0.6) is 0 Å². The van der Waals surface area contributed by atoms with Gasteiger partial charge >= 0.3 is 5.97 Å². The Morgan fingerprint density at radius 2 is 1.70 bits per heavy atom. The predicted molar refractivity (Wildman–Crippen MR) is 69.9 cm³/mol. The molecule has 9 nitrogen and oxygen atoms in total. The van der Waals surface area contributed by atoms with E-state index in [0.717, 1.165) is 12.1 Å². The molecule has 0 fully saturated rings. The maximum atomic E-state index is 11.6. The van der Waals surface area contributed by atoms with Crippen molar-refractivity contribution in [3.63, 3.8) is 0 Å². The molecule has 0 atom stereocenters. The van der Waals surface area contributed by atoms with Crippen molar-refractivity contribution in [2.75, 3.05) is 18.5 Å². The van der Waals surface area contributed by atoms with Crippen LogP contribution in [0.15, 0.2) is 12.1 Å². The van der Waals surface area contributed by atoms with E-state index in [1.807, 2.05) is 0 Å². The summed E-state index contributed by atoms with van der Waals surface area (Å²) in [4.78, 5) is 32.0. The largest absolute Gasteiger partial charge is 0.462 e. The molecule has 1 aromatic rings. The molecule has 0 aliphatic rings. The minimum absolute atomic E-state index is 0.0649. The quantitative estimate of drug-likeness (QED) is 0.481. The molecule has 0 bridgehead atoms. The lowest BCUT2D eigenvalue weighted by atomic mass is 10.1. The second-order valence-electron chi connectivity index (χ2n) is 3.65. The van der Waals surface area contributed by atoms with Crippen molar-refractivity contribution in [1.82, 2.24) is 0 Å². The Morgan fingerprint density at radius 1 is 1.20 bits per heavy atom. The number of nitrogens with zero attached hydrogens (tertiary/aromatic N) is 2. The van der Waals surface area contributed by atoms with E-state index in [9.17, 15) is 25.0 Å². The zero-order valence-corrected chi connectivity index (χ0v) is 10.9. The molecule has 108 valence electrons. The van der Waals surface area contributed by atoms with Crippen LogP contribution in [-0.2, 0) is 4.74 Å². The van der Waals surface area contributed by atoms with E-state index in [0.29, 0.717) is 0 Å². The third kappa shape index (κ3) is 3.19. The smallest absolute Gasteiger partial charge is 0.338 e. The molecule has 1 aromatic carbocycles. The zero-order valence-electron chi connectivity index (χ0n) is 10.9. The Balaban J connectivity index is 3.49. The number of hydrogen-bond donors (Lipinski definition) is 1. The molecule has 1 rings (SSSR count). The summed E-state index contributed by atoms with van der Waals surface area (Å²) in [7, 11) is 0. The van der Waals surface area contributed by atoms with Crippen molar-refractivity contribution < 1.29 is 19.4 Å². The van der Waals surface area contributed by atoms with Crippen LogP contribution in [0.25, 0.3) is 0 Å². The molecule has 0 amide bonds. The molecule has 0 aliphatic heterocycles. The summed E-state index contributed by atoms with van der Waals surface area (Å²) in [6.45, 7) is 3.54. The van der Waals surface area contributed by atoms with Crippen molar-refractivity contribution in [3.05, 3.63) is 37.9 Å². The minimum Gasteiger partial charge on any atom is -0.462 e. The summed E-state index contributed by atoms with van der Waals surface area (Å²) in [5.41, 5.74) is -1.53. The fraction of sp³-hybridized carbons (Fsp3) is 0.364. The Kier molecular flexibility index (Phi) is 4.95. The highest BCUT2D eigenvalue weighted by Crippen LogP contribution is 2.35. The monoisotopic (exact) mass is 283 g/mol. The molecule has 0 heterocycles. The number of nitro benzene ring substituents is 2. The highest BCUT2D eigenvalue weighted by Gasteiger charge is 2.28. The summed E-state index contributed by atoms with van der Waals surface area (Å²) in [5, 5.41) is 24.6. The summed E-state index contributed by atoms with van der Waals surface area (Å²) in [6.07, 6.45) is 0. The third-order valence-corrected chi connectivity index (χ3v) is 2.35. The first-order valence-corrected chi connectivity index (χ1v) is 5.80. The van der Waals surface area contributed by atoms with Crippen LogP contribution >= 0.6 is 0 Å². The first kappa shape index (κ1) is 15.3. The SMILES string of the molecule is CCNc1c([N+](=O)[O-])cc(C(=O)OCC)cc1[N+](=O)[O-]. The van der Waals surface area contributed by atoms with Gasteiger partial charge in [0, 0.05) is 18.7 Å². The van der Waals surface area contributed by atoms with Gasteiger partial charge in [-0.1, -0.05) is 0 Å². The molecule has 0 saturated carbocycles. The number of ether oxygens (including phenoxy) is 1. The van der Waals surface area contributed by atoms with Crippen LogP contribution in [0.2, 0.25) is 0 Å². The Bertz CT molecular complexity index is 522. The van der Waals surface area contributed by atoms with Gasteiger partial charge < -0.3 is 10.1 Å². The van der Waals surface area contributed by atoms with Crippen molar-refractivity contribution in [2.45, 2.75) is 13.8 Å². The van der Waals surface area contributed by atoms with Gasteiger partial charge in [0.25, 0.3) is 11.4 Å². The number of carbonyl (C=O) groups excluding carboxylic acids is 1. The summed E-state index contributed by atoms with van der Waals surface area (Å²) in [5.74, 6) is -0.846. The van der Waals surface area contributed by atoms with Gasteiger partial charge in [0.1, 0.15) is 0 Å². The highest BCUT2D eigenvalue weighted by molar-refractivity contribution is 5.93. The first-order valence-electron chi connectivity index (χ1n) is 5.80. The van der Waals surface area contributed by atoms with Crippen LogP contribution in [0.3, 0.4) is 0 Å². The molecule has 1 N–H and O–H groups in total. The van der Waals surface area contributed by atoms with Gasteiger partial charge in [-0.3, -0.25) is 20.2 Å². The van der Waals surface area contributed by atoms with Crippen LogP contribution in [0.1, 0.15) is 24.2 Å². The molecule has 20 heavy (non-hydrogen) atoms. The van der Waals surface area contributed by atoms with Gasteiger partial charge in [-0.25, -0.2) is 4.79 Å². The predicted octanol–water partition coefficient (Wildman–Crippen LogP) is 2.11.